The topological polar surface area (TPSA) is 0 Å². The van der Waals surface area contributed by atoms with E-state index in [1.54, 1.807) is 0 Å². The van der Waals surface area contributed by atoms with E-state index in [0.717, 1.165) is 6.42 Å². The van der Waals surface area contributed by atoms with E-state index >= 15 is 0 Å². The van der Waals surface area contributed by atoms with Gasteiger partial charge in [-0.2, -0.15) is 0 Å². The molecule has 0 N–H and O–H groups in total. The zero-order valence-corrected chi connectivity index (χ0v) is 10.4. The van der Waals surface area contributed by atoms with Gasteiger partial charge in [0.1, 0.15) is 0 Å². The Labute approximate surface area is 85.2 Å². The lowest BCUT2D eigenvalue weighted by Gasteiger charge is -2.16. The van der Waals surface area contributed by atoms with Crippen molar-refractivity contribution in [2.75, 3.05) is 0 Å². The fourth-order valence-electron chi connectivity index (χ4n) is 0.669. The van der Waals surface area contributed by atoms with Crippen LogP contribution in [-0.4, -0.2) is 11.9 Å². The van der Waals surface area contributed by atoms with Crippen LogP contribution in [0.1, 0.15) is 12.8 Å². The second-order valence-electron chi connectivity index (χ2n) is 3.72. The third-order valence-corrected chi connectivity index (χ3v) is 3.26. The van der Waals surface area contributed by atoms with Crippen LogP contribution < -0.4 is 0 Å². The van der Waals surface area contributed by atoms with Crippen molar-refractivity contribution in [1.29, 1.82) is 0 Å². The Morgan fingerprint density at radius 1 is 1.18 bits per heavy atom. The zero-order valence-electron chi connectivity index (χ0n) is 7.13. The van der Waals surface area contributed by atoms with Crippen molar-refractivity contribution in [3.05, 3.63) is 6.04 Å². The largest absolute Gasteiger partial charge is 0.190 e. The molecule has 0 saturated heterocycles. The van der Waals surface area contributed by atoms with E-state index in [4.69, 9.17) is 34.8 Å². The van der Waals surface area contributed by atoms with E-state index in [-0.39, 0.29) is 0 Å². The Balaban J connectivity index is 3.44. The second kappa shape index (κ2) is 4.36. The van der Waals surface area contributed by atoms with E-state index in [1.807, 2.05) is 0 Å². The minimum absolute atomic E-state index is 0.627. The summed E-state index contributed by atoms with van der Waals surface area (Å²) in [5, 5.41) is 0. The highest BCUT2D eigenvalue weighted by molar-refractivity contribution is 6.79. The number of hydrogen-bond acceptors (Lipinski definition) is 0. The number of hydrogen-bond donors (Lipinski definition) is 0. The van der Waals surface area contributed by atoms with Crippen LogP contribution in [0.15, 0.2) is 0 Å². The molecule has 0 aromatic heterocycles. The molecule has 0 atom stereocenters. The van der Waals surface area contributed by atoms with Crippen LogP contribution in [-0.2, 0) is 0 Å². The lowest BCUT2D eigenvalue weighted by molar-refractivity contribution is 0.859. The fraction of sp³-hybridized carbons (Fsp3) is 0.857. The monoisotopic (exact) mass is 231 g/mol. The predicted molar refractivity (Wildman–Crippen MR) is 57.2 cm³/mol. The van der Waals surface area contributed by atoms with Crippen LogP contribution in [0.5, 0.6) is 0 Å². The van der Waals surface area contributed by atoms with Gasteiger partial charge < -0.3 is 0 Å². The van der Waals surface area contributed by atoms with Gasteiger partial charge in [0, 0.05) is 8.07 Å². The van der Waals surface area contributed by atoms with Crippen molar-refractivity contribution < 1.29 is 0 Å². The standard InChI is InChI=1S/C7H14Cl3Si/c1-11(2,3)6-4-5-7(8,9)10/h6H,4-5H2,1-3H3. The summed E-state index contributed by atoms with van der Waals surface area (Å²) in [4.78, 5) is 0. The molecule has 0 bridgehead atoms. The van der Waals surface area contributed by atoms with E-state index in [2.05, 4.69) is 25.7 Å². The summed E-state index contributed by atoms with van der Waals surface area (Å²) in [5.74, 6) is 0. The number of halogens is 3. The summed E-state index contributed by atoms with van der Waals surface area (Å²) in [5.41, 5.74) is 0. The normalized spacial score (nSPS) is 13.6. The maximum atomic E-state index is 5.59. The molecule has 0 unspecified atom stereocenters. The van der Waals surface area contributed by atoms with Crippen molar-refractivity contribution in [2.24, 2.45) is 0 Å². The Morgan fingerprint density at radius 3 is 1.91 bits per heavy atom. The van der Waals surface area contributed by atoms with Crippen LogP contribution in [0.25, 0.3) is 0 Å². The second-order valence-corrected chi connectivity index (χ2v) is 11.4. The summed E-state index contributed by atoms with van der Waals surface area (Å²) < 4.78 is -1.07. The van der Waals surface area contributed by atoms with Crippen LogP contribution in [0, 0.1) is 6.04 Å². The van der Waals surface area contributed by atoms with Gasteiger partial charge >= 0.3 is 0 Å². The highest BCUT2D eigenvalue weighted by Gasteiger charge is 2.21. The lowest BCUT2D eigenvalue weighted by atomic mass is 10.4. The van der Waals surface area contributed by atoms with Crippen molar-refractivity contribution in [1.82, 2.24) is 0 Å². The first-order chi connectivity index (χ1) is 4.71. The van der Waals surface area contributed by atoms with E-state index in [0.29, 0.717) is 6.42 Å². The molecule has 0 aromatic carbocycles. The first-order valence-corrected chi connectivity index (χ1v) is 8.33. The molecule has 1 radical (unpaired) electrons. The van der Waals surface area contributed by atoms with Gasteiger partial charge in [-0.05, 0) is 18.9 Å². The van der Waals surface area contributed by atoms with E-state index < -0.39 is 11.9 Å². The molecule has 4 heteroatoms. The van der Waals surface area contributed by atoms with Gasteiger partial charge in [0.25, 0.3) is 0 Å². The Hall–Kier alpha value is 1.09. The summed E-state index contributed by atoms with van der Waals surface area (Å²) in [6.07, 6.45) is 1.54. The molecule has 67 valence electrons. The van der Waals surface area contributed by atoms with Gasteiger partial charge in [-0.3, -0.25) is 0 Å². The van der Waals surface area contributed by atoms with Crippen molar-refractivity contribution >= 4 is 42.9 Å². The van der Waals surface area contributed by atoms with Gasteiger partial charge in [-0.25, -0.2) is 0 Å². The van der Waals surface area contributed by atoms with Gasteiger partial charge in [-0.15, -0.1) is 0 Å². The third kappa shape index (κ3) is 11.1. The lowest BCUT2D eigenvalue weighted by Crippen LogP contribution is -2.21. The predicted octanol–water partition coefficient (Wildman–Crippen LogP) is 4.22. The molecule has 0 heterocycles. The molecular weight excluding hydrogens is 219 g/mol. The molecule has 0 aliphatic carbocycles. The molecule has 0 aromatic rings. The van der Waals surface area contributed by atoms with Gasteiger partial charge in [0.15, 0.2) is 3.79 Å². The molecule has 0 aliphatic rings. The Morgan fingerprint density at radius 2 is 1.64 bits per heavy atom. The highest BCUT2D eigenvalue weighted by Crippen LogP contribution is 2.32. The Kier molecular flexibility index (Phi) is 4.79. The molecule has 0 rings (SSSR count). The minimum atomic E-state index is -1.07. The summed E-state index contributed by atoms with van der Waals surface area (Å²) in [7, 11) is -1.06. The maximum Gasteiger partial charge on any atom is 0.190 e. The first kappa shape index (κ1) is 12.1. The average Bonchev–Trinajstić information content (AvgIpc) is 1.55. The summed E-state index contributed by atoms with van der Waals surface area (Å²) in [6.45, 7) is 6.81. The van der Waals surface area contributed by atoms with E-state index in [1.165, 1.54) is 0 Å². The van der Waals surface area contributed by atoms with Crippen LogP contribution in [0.4, 0.5) is 0 Å². The van der Waals surface area contributed by atoms with Crippen molar-refractivity contribution in [3.63, 3.8) is 0 Å². The smallest absolute Gasteiger partial charge is 0.0837 e. The fourth-order valence-corrected chi connectivity index (χ4v) is 2.01. The molecule has 0 nitrogen and oxygen atoms in total. The van der Waals surface area contributed by atoms with Crippen molar-refractivity contribution in [2.45, 2.75) is 36.3 Å². The Bertz CT molecular complexity index is 97.8. The number of rotatable bonds is 3. The third-order valence-electron chi connectivity index (χ3n) is 1.18. The quantitative estimate of drug-likeness (QED) is 0.505. The van der Waals surface area contributed by atoms with Crippen LogP contribution in [0.2, 0.25) is 19.6 Å². The SMILES string of the molecule is C[Si](C)(C)[CH]CCC(Cl)(Cl)Cl. The molecule has 0 aliphatic heterocycles. The van der Waals surface area contributed by atoms with Gasteiger partial charge in [0.2, 0.25) is 0 Å². The average molecular weight is 233 g/mol. The number of alkyl halides is 3. The minimum Gasteiger partial charge on any atom is -0.0837 e. The first-order valence-electron chi connectivity index (χ1n) is 3.62. The molecule has 11 heavy (non-hydrogen) atoms. The summed E-state index contributed by atoms with van der Waals surface area (Å²) >= 11 is 16.8. The summed E-state index contributed by atoms with van der Waals surface area (Å²) in [6, 6.07) is 2.30. The molecule has 0 amide bonds. The van der Waals surface area contributed by atoms with Crippen LogP contribution >= 0.6 is 34.8 Å². The van der Waals surface area contributed by atoms with Gasteiger partial charge in [0.05, 0.1) is 0 Å². The van der Waals surface area contributed by atoms with Crippen molar-refractivity contribution in [3.8, 4) is 0 Å². The highest BCUT2D eigenvalue weighted by atomic mass is 35.6. The van der Waals surface area contributed by atoms with Crippen LogP contribution in [0.3, 0.4) is 0 Å². The zero-order chi connectivity index (χ0) is 9.12. The van der Waals surface area contributed by atoms with Gasteiger partial charge in [-0.1, -0.05) is 54.4 Å². The molecule has 0 spiro atoms. The molecule has 0 saturated carbocycles. The maximum absolute atomic E-state index is 5.59. The molecular formula is C7H14Cl3Si. The molecule has 0 fully saturated rings. The van der Waals surface area contributed by atoms with E-state index in [9.17, 15) is 0 Å².